The second-order valence-electron chi connectivity index (χ2n) is 5.63. The predicted octanol–water partition coefficient (Wildman–Crippen LogP) is 3.33. The molecule has 13 heavy (non-hydrogen) atoms. The van der Waals surface area contributed by atoms with Crippen LogP contribution in [0.2, 0.25) is 25.2 Å². The molecule has 1 rings (SSSR count). The molecule has 3 atom stereocenters. The minimum absolute atomic E-state index is 0.372. The van der Waals surface area contributed by atoms with Crippen LogP contribution >= 0.6 is 0 Å². The summed E-state index contributed by atoms with van der Waals surface area (Å²) < 4.78 is 0. The summed E-state index contributed by atoms with van der Waals surface area (Å²) in [5.41, 5.74) is 0.862. The normalized spacial score (nSPS) is 35.0. The van der Waals surface area contributed by atoms with E-state index in [2.05, 4.69) is 26.6 Å². The van der Waals surface area contributed by atoms with Crippen molar-refractivity contribution in [3.05, 3.63) is 0 Å². The molecule has 0 aromatic carbocycles. The van der Waals surface area contributed by atoms with Gasteiger partial charge in [-0.05, 0) is 24.8 Å². The van der Waals surface area contributed by atoms with Crippen LogP contribution in [0.15, 0.2) is 0 Å². The van der Waals surface area contributed by atoms with Gasteiger partial charge in [0.1, 0.15) is 5.78 Å². The van der Waals surface area contributed by atoms with E-state index in [0.717, 1.165) is 12.0 Å². The molecule has 0 bridgehead atoms. The average molecular weight is 198 g/mol. The van der Waals surface area contributed by atoms with E-state index >= 15 is 0 Å². The summed E-state index contributed by atoms with van der Waals surface area (Å²) in [5.74, 6) is 1.43. The maximum absolute atomic E-state index is 11.3. The van der Waals surface area contributed by atoms with Gasteiger partial charge in [-0.25, -0.2) is 0 Å². The fourth-order valence-electron chi connectivity index (χ4n) is 2.96. The Morgan fingerprint density at radius 1 is 1.23 bits per heavy atom. The van der Waals surface area contributed by atoms with Gasteiger partial charge in [0.25, 0.3) is 0 Å². The fraction of sp³-hybridized carbons (Fsp3) is 0.909. The predicted molar refractivity (Wildman–Crippen MR) is 59.7 cm³/mol. The SMILES string of the molecule is CC(=O)[C@@H]1CC[C@@H]([Si](C)(C)C)[C@H]1C. The number of rotatable bonds is 2. The highest BCUT2D eigenvalue weighted by molar-refractivity contribution is 6.77. The molecule has 0 radical (unpaired) electrons. The molecule has 1 aliphatic carbocycles. The van der Waals surface area contributed by atoms with Crippen LogP contribution in [0, 0.1) is 11.8 Å². The second kappa shape index (κ2) is 3.56. The van der Waals surface area contributed by atoms with Crippen molar-refractivity contribution in [2.24, 2.45) is 11.8 Å². The molecule has 1 fully saturated rings. The highest BCUT2D eigenvalue weighted by Crippen LogP contribution is 2.46. The third-order valence-corrected chi connectivity index (χ3v) is 6.73. The van der Waals surface area contributed by atoms with Gasteiger partial charge in [0.05, 0.1) is 0 Å². The van der Waals surface area contributed by atoms with Crippen LogP contribution in [0.1, 0.15) is 26.7 Å². The lowest BCUT2D eigenvalue weighted by atomic mass is 9.94. The molecule has 0 amide bonds. The standard InChI is InChI=1S/C11H22OSi/c1-8-10(9(2)12)6-7-11(8)13(3,4)5/h8,10-11H,6-7H2,1-5H3/t8-,10+,11+/m0/s1. The molecule has 0 heterocycles. The summed E-state index contributed by atoms with van der Waals surface area (Å²) in [6.45, 7) is 11.3. The Kier molecular flexibility index (Phi) is 3.00. The zero-order valence-electron chi connectivity index (χ0n) is 9.55. The Labute approximate surface area is 82.9 Å². The first-order valence-corrected chi connectivity index (χ1v) is 8.92. The molecule has 1 nitrogen and oxygen atoms in total. The lowest BCUT2D eigenvalue weighted by molar-refractivity contribution is -0.121. The van der Waals surface area contributed by atoms with E-state index in [1.165, 1.54) is 6.42 Å². The third-order valence-electron chi connectivity index (χ3n) is 3.69. The fourth-order valence-corrected chi connectivity index (χ4v) is 5.80. The van der Waals surface area contributed by atoms with E-state index in [1.54, 1.807) is 6.92 Å². The highest BCUT2D eigenvalue weighted by atomic mass is 28.3. The average Bonchev–Trinajstić information content (AvgIpc) is 2.28. The Morgan fingerprint density at radius 2 is 1.77 bits per heavy atom. The first-order valence-electron chi connectivity index (χ1n) is 5.34. The largest absolute Gasteiger partial charge is 0.300 e. The Morgan fingerprint density at radius 3 is 2.00 bits per heavy atom. The van der Waals surface area contributed by atoms with Crippen LogP contribution in [0.5, 0.6) is 0 Å². The molecule has 0 aromatic heterocycles. The summed E-state index contributed by atoms with van der Waals surface area (Å²) in [6, 6.07) is 0. The lowest BCUT2D eigenvalue weighted by Crippen LogP contribution is -2.31. The van der Waals surface area contributed by atoms with Crippen molar-refractivity contribution in [3.8, 4) is 0 Å². The molecule has 0 unspecified atom stereocenters. The quantitative estimate of drug-likeness (QED) is 0.622. The zero-order chi connectivity index (χ0) is 10.2. The van der Waals surface area contributed by atoms with E-state index < -0.39 is 8.07 Å². The molecule has 76 valence electrons. The van der Waals surface area contributed by atoms with E-state index in [4.69, 9.17) is 0 Å². The van der Waals surface area contributed by atoms with Gasteiger partial charge in [-0.3, -0.25) is 4.79 Å². The molecule has 0 aromatic rings. The molecular weight excluding hydrogens is 176 g/mol. The summed E-state index contributed by atoms with van der Waals surface area (Å²) >= 11 is 0. The van der Waals surface area contributed by atoms with Crippen molar-refractivity contribution in [3.63, 3.8) is 0 Å². The number of carbonyl (C=O) groups is 1. The maximum atomic E-state index is 11.3. The minimum atomic E-state index is -1.03. The van der Waals surface area contributed by atoms with Gasteiger partial charge in [0.15, 0.2) is 0 Å². The van der Waals surface area contributed by atoms with Crippen molar-refractivity contribution in [1.82, 2.24) is 0 Å². The van der Waals surface area contributed by atoms with Crippen LogP contribution in [0.4, 0.5) is 0 Å². The van der Waals surface area contributed by atoms with Gasteiger partial charge in [-0.15, -0.1) is 0 Å². The first kappa shape index (κ1) is 11.0. The van der Waals surface area contributed by atoms with Crippen LogP contribution in [0.3, 0.4) is 0 Å². The lowest BCUT2D eigenvalue weighted by Gasteiger charge is -2.30. The molecular formula is C11H22OSi. The van der Waals surface area contributed by atoms with Crippen molar-refractivity contribution >= 4 is 13.9 Å². The van der Waals surface area contributed by atoms with Crippen molar-refractivity contribution < 1.29 is 4.79 Å². The maximum Gasteiger partial charge on any atom is 0.133 e. The molecule has 0 saturated heterocycles. The topological polar surface area (TPSA) is 17.1 Å². The van der Waals surface area contributed by atoms with Gasteiger partial charge in [0, 0.05) is 14.0 Å². The highest BCUT2D eigenvalue weighted by Gasteiger charge is 2.41. The summed E-state index contributed by atoms with van der Waals surface area (Å²) in [6.07, 6.45) is 2.44. The van der Waals surface area contributed by atoms with Crippen LogP contribution in [0.25, 0.3) is 0 Å². The number of hydrogen-bond donors (Lipinski definition) is 0. The van der Waals surface area contributed by atoms with Crippen LogP contribution in [-0.2, 0) is 4.79 Å². The molecule has 1 saturated carbocycles. The summed E-state index contributed by atoms with van der Waals surface area (Å²) in [4.78, 5) is 11.3. The Hall–Kier alpha value is -0.113. The minimum Gasteiger partial charge on any atom is -0.300 e. The van der Waals surface area contributed by atoms with Gasteiger partial charge < -0.3 is 0 Å². The van der Waals surface area contributed by atoms with Gasteiger partial charge in [-0.2, -0.15) is 0 Å². The molecule has 2 heteroatoms. The number of Topliss-reactive ketones (excluding diaryl/α,β-unsaturated/α-hetero) is 1. The summed E-state index contributed by atoms with van der Waals surface area (Å²) in [5, 5.41) is 0. The smallest absolute Gasteiger partial charge is 0.133 e. The molecule has 0 spiro atoms. The van der Waals surface area contributed by atoms with E-state index in [9.17, 15) is 4.79 Å². The summed E-state index contributed by atoms with van der Waals surface area (Å²) in [7, 11) is -1.03. The first-order chi connectivity index (χ1) is 5.84. The number of ketones is 1. The van der Waals surface area contributed by atoms with Gasteiger partial charge >= 0.3 is 0 Å². The van der Waals surface area contributed by atoms with E-state index in [-0.39, 0.29) is 0 Å². The van der Waals surface area contributed by atoms with Gasteiger partial charge in [-0.1, -0.05) is 33.0 Å². The molecule has 0 aliphatic heterocycles. The van der Waals surface area contributed by atoms with Crippen molar-refractivity contribution in [2.75, 3.05) is 0 Å². The third kappa shape index (κ3) is 2.22. The second-order valence-corrected chi connectivity index (χ2v) is 11.1. The number of carbonyl (C=O) groups excluding carboxylic acids is 1. The molecule has 1 aliphatic rings. The number of hydrogen-bond acceptors (Lipinski definition) is 1. The zero-order valence-corrected chi connectivity index (χ0v) is 10.6. The van der Waals surface area contributed by atoms with Crippen LogP contribution in [-0.4, -0.2) is 13.9 Å². The van der Waals surface area contributed by atoms with Crippen molar-refractivity contribution in [2.45, 2.75) is 51.9 Å². The van der Waals surface area contributed by atoms with Crippen molar-refractivity contribution in [1.29, 1.82) is 0 Å². The molecule has 0 N–H and O–H groups in total. The van der Waals surface area contributed by atoms with E-state index in [0.29, 0.717) is 17.6 Å². The van der Waals surface area contributed by atoms with Gasteiger partial charge in [0.2, 0.25) is 0 Å². The van der Waals surface area contributed by atoms with E-state index in [1.807, 2.05) is 0 Å². The Balaban J connectivity index is 2.71. The van der Waals surface area contributed by atoms with Crippen LogP contribution < -0.4 is 0 Å². The Bertz CT molecular complexity index is 205. The monoisotopic (exact) mass is 198 g/mol.